The fourth-order valence-corrected chi connectivity index (χ4v) is 3.75. The molecule has 3 N–H and O–H groups in total. The Morgan fingerprint density at radius 3 is 2.50 bits per heavy atom. The number of nitrogens with two attached hydrogens (primary N) is 1. The number of primary amides is 1. The summed E-state index contributed by atoms with van der Waals surface area (Å²) in [4.78, 5) is 31.7. The average Bonchev–Trinajstić information content (AvgIpc) is 3.10. The average molecular weight is 431 g/mol. The molecular formula is C24H25N5O3. The molecule has 4 aromatic rings. The summed E-state index contributed by atoms with van der Waals surface area (Å²) in [6.07, 6.45) is 1.61. The second kappa shape index (κ2) is 8.66. The number of hydrogen-bond donors (Lipinski definition) is 2. The van der Waals surface area contributed by atoms with Gasteiger partial charge < -0.3 is 15.5 Å². The Balaban J connectivity index is 1.88. The molecule has 8 nitrogen and oxygen atoms in total. The Kier molecular flexibility index (Phi) is 5.77. The molecule has 0 aliphatic heterocycles. The summed E-state index contributed by atoms with van der Waals surface area (Å²) in [7, 11) is 0. The van der Waals surface area contributed by atoms with Crippen molar-refractivity contribution in [3.05, 3.63) is 69.9 Å². The number of carbonyl (C=O) groups is 1. The van der Waals surface area contributed by atoms with Crippen LogP contribution in [0, 0.1) is 6.92 Å². The van der Waals surface area contributed by atoms with E-state index in [4.69, 9.17) is 15.6 Å². The van der Waals surface area contributed by atoms with E-state index in [2.05, 4.69) is 16.9 Å². The van der Waals surface area contributed by atoms with E-state index in [-0.39, 0.29) is 5.56 Å². The highest BCUT2D eigenvalue weighted by atomic mass is 16.5. The van der Waals surface area contributed by atoms with Gasteiger partial charge in [0, 0.05) is 12.0 Å². The predicted molar refractivity (Wildman–Crippen MR) is 123 cm³/mol. The molecule has 0 aliphatic carbocycles. The number of nitrogens with one attached hydrogen (secondary N) is 1. The Hall–Kier alpha value is -3.94. The number of rotatable bonds is 7. The van der Waals surface area contributed by atoms with E-state index >= 15 is 0 Å². The lowest BCUT2D eigenvalue weighted by Gasteiger charge is -2.13. The number of hydrogen-bond acceptors (Lipinski definition) is 5. The van der Waals surface area contributed by atoms with Gasteiger partial charge in [0.05, 0.1) is 17.9 Å². The van der Waals surface area contributed by atoms with Crippen molar-refractivity contribution in [1.29, 1.82) is 0 Å². The maximum absolute atomic E-state index is 12.9. The quantitative estimate of drug-likeness (QED) is 0.465. The van der Waals surface area contributed by atoms with Crippen LogP contribution in [-0.2, 0) is 6.42 Å². The minimum atomic E-state index is -0.475. The van der Waals surface area contributed by atoms with Crippen molar-refractivity contribution < 1.29 is 9.53 Å². The van der Waals surface area contributed by atoms with Crippen molar-refractivity contribution in [1.82, 2.24) is 19.6 Å². The molecule has 2 aromatic heterocycles. The Morgan fingerprint density at radius 1 is 1.12 bits per heavy atom. The smallest absolute Gasteiger partial charge is 0.277 e. The van der Waals surface area contributed by atoms with Crippen LogP contribution in [0.1, 0.15) is 42.1 Å². The number of carbonyl (C=O) groups excluding carboxylic acids is 1. The lowest BCUT2D eigenvalue weighted by Crippen LogP contribution is -2.16. The van der Waals surface area contributed by atoms with Gasteiger partial charge in [0.1, 0.15) is 11.6 Å². The molecule has 0 radical (unpaired) electrons. The zero-order valence-corrected chi connectivity index (χ0v) is 18.3. The molecule has 4 rings (SSSR count). The van der Waals surface area contributed by atoms with Crippen LogP contribution in [0.5, 0.6) is 5.75 Å². The van der Waals surface area contributed by atoms with Crippen molar-refractivity contribution in [2.75, 3.05) is 6.61 Å². The fourth-order valence-electron chi connectivity index (χ4n) is 3.75. The Bertz CT molecular complexity index is 1350. The van der Waals surface area contributed by atoms with Gasteiger partial charge in [-0.05, 0) is 55.7 Å². The molecule has 8 heteroatoms. The van der Waals surface area contributed by atoms with E-state index in [1.165, 1.54) is 0 Å². The first-order chi connectivity index (χ1) is 15.4. The van der Waals surface area contributed by atoms with Crippen LogP contribution >= 0.6 is 0 Å². The normalized spacial score (nSPS) is 11.1. The molecule has 0 unspecified atom stereocenters. The summed E-state index contributed by atoms with van der Waals surface area (Å²) >= 11 is 0. The van der Waals surface area contributed by atoms with E-state index in [0.29, 0.717) is 40.5 Å². The lowest BCUT2D eigenvalue weighted by atomic mass is 10.0. The SMILES string of the molecule is CCCc1nc(C)c2c(=O)[nH]c(-c3cc(-c4ccc(C(N)=O)cc4)ccc3OCC)nn12. The predicted octanol–water partition coefficient (Wildman–Crippen LogP) is 3.51. The van der Waals surface area contributed by atoms with Crippen LogP contribution in [0.3, 0.4) is 0 Å². The maximum atomic E-state index is 12.9. The second-order valence-electron chi connectivity index (χ2n) is 7.51. The molecular weight excluding hydrogens is 406 g/mol. The number of amides is 1. The van der Waals surface area contributed by atoms with Gasteiger partial charge in [-0.15, -0.1) is 5.10 Å². The summed E-state index contributed by atoms with van der Waals surface area (Å²) in [6, 6.07) is 12.7. The minimum Gasteiger partial charge on any atom is -0.493 e. The van der Waals surface area contributed by atoms with Gasteiger partial charge in [0.2, 0.25) is 5.91 Å². The van der Waals surface area contributed by atoms with Crippen molar-refractivity contribution in [3.8, 4) is 28.3 Å². The number of aryl methyl sites for hydroxylation is 2. The third kappa shape index (κ3) is 3.87. The van der Waals surface area contributed by atoms with Crippen molar-refractivity contribution in [2.24, 2.45) is 5.73 Å². The van der Waals surface area contributed by atoms with Gasteiger partial charge in [-0.3, -0.25) is 9.59 Å². The summed E-state index contributed by atoms with van der Waals surface area (Å²) in [5.74, 6) is 1.29. The van der Waals surface area contributed by atoms with Crippen molar-refractivity contribution >= 4 is 11.4 Å². The molecule has 0 aliphatic rings. The van der Waals surface area contributed by atoms with Gasteiger partial charge in [-0.2, -0.15) is 0 Å². The largest absolute Gasteiger partial charge is 0.493 e. The zero-order valence-electron chi connectivity index (χ0n) is 18.3. The highest BCUT2D eigenvalue weighted by Gasteiger charge is 2.17. The van der Waals surface area contributed by atoms with Crippen LogP contribution in [0.2, 0.25) is 0 Å². The molecule has 0 bridgehead atoms. The Morgan fingerprint density at radius 2 is 1.84 bits per heavy atom. The van der Waals surface area contributed by atoms with Crippen LogP contribution < -0.4 is 16.0 Å². The lowest BCUT2D eigenvalue weighted by molar-refractivity contribution is 0.100. The number of benzene rings is 2. The number of imidazole rings is 1. The molecule has 0 saturated heterocycles. The van der Waals surface area contributed by atoms with E-state index in [1.54, 1.807) is 16.6 Å². The molecule has 0 spiro atoms. The van der Waals surface area contributed by atoms with Crippen LogP contribution in [0.4, 0.5) is 0 Å². The number of H-pyrrole nitrogens is 1. The topological polar surface area (TPSA) is 115 Å². The maximum Gasteiger partial charge on any atom is 0.277 e. The molecule has 0 atom stereocenters. The number of nitrogens with zero attached hydrogens (tertiary/aromatic N) is 3. The molecule has 2 heterocycles. The number of aromatic amines is 1. The highest BCUT2D eigenvalue weighted by Crippen LogP contribution is 2.32. The summed E-state index contributed by atoms with van der Waals surface area (Å²) in [6.45, 7) is 6.24. The molecule has 0 saturated carbocycles. The third-order valence-corrected chi connectivity index (χ3v) is 5.25. The summed E-state index contributed by atoms with van der Waals surface area (Å²) in [5, 5.41) is 4.72. The highest BCUT2D eigenvalue weighted by molar-refractivity contribution is 5.93. The first kappa shape index (κ1) is 21.3. The van der Waals surface area contributed by atoms with E-state index in [9.17, 15) is 9.59 Å². The van der Waals surface area contributed by atoms with Gasteiger partial charge in [0.15, 0.2) is 11.3 Å². The standard InChI is InChI=1S/C24H25N5O3/c1-4-6-20-26-14(3)21-24(31)27-23(28-29(20)21)18-13-17(11-12-19(18)32-5-2)15-7-9-16(10-8-15)22(25)30/h7-13H,4-6H2,1-3H3,(H2,25,30)(H,27,28,31). The molecule has 1 amide bonds. The van der Waals surface area contributed by atoms with Crippen LogP contribution in [0.25, 0.3) is 28.0 Å². The third-order valence-electron chi connectivity index (χ3n) is 5.25. The molecule has 2 aromatic carbocycles. The summed E-state index contributed by atoms with van der Waals surface area (Å²) in [5.41, 5.74) is 9.09. The molecule has 0 fully saturated rings. The zero-order chi connectivity index (χ0) is 22.8. The van der Waals surface area contributed by atoms with Gasteiger partial charge in [-0.25, -0.2) is 9.50 Å². The fraction of sp³-hybridized carbons (Fsp3) is 0.250. The van der Waals surface area contributed by atoms with Gasteiger partial charge in [0.25, 0.3) is 5.56 Å². The molecule has 164 valence electrons. The number of ether oxygens (including phenoxy) is 1. The Labute approximate surface area is 185 Å². The van der Waals surface area contributed by atoms with Crippen molar-refractivity contribution in [2.45, 2.75) is 33.6 Å². The first-order valence-corrected chi connectivity index (χ1v) is 10.6. The van der Waals surface area contributed by atoms with E-state index in [0.717, 1.165) is 29.8 Å². The summed E-state index contributed by atoms with van der Waals surface area (Å²) < 4.78 is 7.46. The van der Waals surface area contributed by atoms with Crippen molar-refractivity contribution in [3.63, 3.8) is 0 Å². The minimum absolute atomic E-state index is 0.249. The first-order valence-electron chi connectivity index (χ1n) is 10.6. The van der Waals surface area contributed by atoms with Crippen LogP contribution in [-0.4, -0.2) is 32.1 Å². The monoisotopic (exact) mass is 431 g/mol. The number of fused-ring (bicyclic) bond motifs is 1. The van der Waals surface area contributed by atoms with Gasteiger partial charge >= 0.3 is 0 Å². The van der Waals surface area contributed by atoms with E-state index in [1.807, 2.05) is 44.2 Å². The van der Waals surface area contributed by atoms with Crippen LogP contribution in [0.15, 0.2) is 47.3 Å². The van der Waals surface area contributed by atoms with Gasteiger partial charge in [-0.1, -0.05) is 25.1 Å². The van der Waals surface area contributed by atoms with E-state index < -0.39 is 5.91 Å². The molecule has 32 heavy (non-hydrogen) atoms. The second-order valence-corrected chi connectivity index (χ2v) is 7.51. The number of aromatic nitrogens is 4.